The standard InChI is InChI=1S/C19H14ClN3O2/c20-16-12-15(22-18(24)14-8-10-21-11-9-14)6-7-17(16)23-19(25)13-4-2-1-3-5-13/h1-12H,(H,22,24)(H,23,25). The number of nitrogens with zero attached hydrogens (tertiary/aromatic N) is 1. The molecule has 0 unspecified atom stereocenters. The van der Waals surface area contributed by atoms with E-state index in [9.17, 15) is 9.59 Å². The lowest BCUT2D eigenvalue weighted by atomic mass is 10.2. The normalized spacial score (nSPS) is 10.1. The van der Waals surface area contributed by atoms with Crippen LogP contribution in [0.4, 0.5) is 11.4 Å². The topological polar surface area (TPSA) is 71.1 Å². The molecule has 6 heteroatoms. The van der Waals surface area contributed by atoms with Gasteiger partial charge in [-0.1, -0.05) is 29.8 Å². The fourth-order valence-corrected chi connectivity index (χ4v) is 2.41. The van der Waals surface area contributed by atoms with Gasteiger partial charge in [-0.3, -0.25) is 14.6 Å². The second kappa shape index (κ2) is 7.59. The molecule has 1 aromatic heterocycles. The summed E-state index contributed by atoms with van der Waals surface area (Å²) in [6.07, 6.45) is 3.09. The summed E-state index contributed by atoms with van der Waals surface area (Å²) in [5.74, 6) is -0.518. The molecular weight excluding hydrogens is 338 g/mol. The van der Waals surface area contributed by atoms with Crippen LogP contribution in [0.3, 0.4) is 0 Å². The molecule has 2 N–H and O–H groups in total. The summed E-state index contributed by atoms with van der Waals surface area (Å²) < 4.78 is 0. The van der Waals surface area contributed by atoms with Crippen LogP contribution >= 0.6 is 11.6 Å². The molecule has 3 aromatic rings. The molecule has 0 fully saturated rings. The van der Waals surface area contributed by atoms with Crippen molar-refractivity contribution in [3.8, 4) is 0 Å². The van der Waals surface area contributed by atoms with Crippen molar-refractivity contribution < 1.29 is 9.59 Å². The maximum atomic E-state index is 12.2. The van der Waals surface area contributed by atoms with Gasteiger partial charge in [0.2, 0.25) is 0 Å². The fraction of sp³-hybridized carbons (Fsp3) is 0. The van der Waals surface area contributed by atoms with Gasteiger partial charge in [-0.2, -0.15) is 0 Å². The molecule has 0 aliphatic rings. The average molecular weight is 352 g/mol. The number of amides is 2. The molecule has 0 atom stereocenters. The Morgan fingerprint density at radius 2 is 1.44 bits per heavy atom. The first-order chi connectivity index (χ1) is 12.1. The van der Waals surface area contributed by atoms with Gasteiger partial charge in [0.05, 0.1) is 10.7 Å². The molecule has 2 amide bonds. The number of carbonyl (C=O) groups excluding carboxylic acids is 2. The molecule has 1 heterocycles. The molecule has 124 valence electrons. The minimum absolute atomic E-state index is 0.254. The number of carbonyl (C=O) groups is 2. The van der Waals surface area contributed by atoms with Crippen molar-refractivity contribution in [3.05, 3.63) is 89.2 Å². The number of pyridine rings is 1. The molecule has 0 aliphatic carbocycles. The second-order valence-electron chi connectivity index (χ2n) is 5.20. The molecule has 25 heavy (non-hydrogen) atoms. The van der Waals surface area contributed by atoms with Gasteiger partial charge in [0.25, 0.3) is 11.8 Å². The van der Waals surface area contributed by atoms with Gasteiger partial charge in [-0.25, -0.2) is 0 Å². The minimum Gasteiger partial charge on any atom is -0.322 e. The van der Waals surface area contributed by atoms with Crippen LogP contribution in [0.2, 0.25) is 5.02 Å². The summed E-state index contributed by atoms with van der Waals surface area (Å²) in [5.41, 5.74) is 2.03. The summed E-state index contributed by atoms with van der Waals surface area (Å²) in [6, 6.07) is 17.0. The van der Waals surface area contributed by atoms with Crippen molar-refractivity contribution in [1.29, 1.82) is 0 Å². The lowest BCUT2D eigenvalue weighted by molar-refractivity contribution is 0.101. The number of hydrogen-bond donors (Lipinski definition) is 2. The molecule has 2 aromatic carbocycles. The Balaban J connectivity index is 1.71. The summed E-state index contributed by atoms with van der Waals surface area (Å²) in [7, 11) is 0. The maximum absolute atomic E-state index is 12.2. The Morgan fingerprint density at radius 1 is 0.800 bits per heavy atom. The van der Waals surface area contributed by atoms with Gasteiger partial charge in [-0.15, -0.1) is 0 Å². The van der Waals surface area contributed by atoms with Gasteiger partial charge < -0.3 is 10.6 Å². The third kappa shape index (κ3) is 4.22. The van der Waals surface area contributed by atoms with Gasteiger partial charge in [0, 0.05) is 29.2 Å². The smallest absolute Gasteiger partial charge is 0.255 e. The van der Waals surface area contributed by atoms with Crippen molar-refractivity contribution in [2.24, 2.45) is 0 Å². The molecule has 0 aliphatic heterocycles. The summed E-state index contributed by atoms with van der Waals surface area (Å²) in [4.78, 5) is 28.2. The molecule has 0 bridgehead atoms. The monoisotopic (exact) mass is 351 g/mol. The van der Waals surface area contributed by atoms with Crippen molar-refractivity contribution in [1.82, 2.24) is 4.98 Å². The van der Waals surface area contributed by atoms with E-state index in [0.717, 1.165) is 0 Å². The van der Waals surface area contributed by atoms with E-state index in [0.29, 0.717) is 27.5 Å². The highest BCUT2D eigenvalue weighted by Gasteiger charge is 2.10. The first-order valence-electron chi connectivity index (χ1n) is 7.51. The largest absolute Gasteiger partial charge is 0.322 e. The second-order valence-corrected chi connectivity index (χ2v) is 5.61. The SMILES string of the molecule is O=C(Nc1ccc(NC(=O)c2ccccc2)c(Cl)c1)c1ccncc1. The maximum Gasteiger partial charge on any atom is 0.255 e. The van der Waals surface area contributed by atoms with E-state index in [4.69, 9.17) is 11.6 Å². The molecule has 3 rings (SSSR count). The van der Waals surface area contributed by atoms with Crippen LogP contribution < -0.4 is 10.6 Å². The predicted molar refractivity (Wildman–Crippen MR) is 98.0 cm³/mol. The van der Waals surface area contributed by atoms with E-state index in [2.05, 4.69) is 15.6 Å². The van der Waals surface area contributed by atoms with Crippen LogP contribution in [-0.4, -0.2) is 16.8 Å². The van der Waals surface area contributed by atoms with E-state index in [1.165, 1.54) is 0 Å². The first-order valence-corrected chi connectivity index (χ1v) is 7.88. The number of benzene rings is 2. The number of rotatable bonds is 4. The lowest BCUT2D eigenvalue weighted by Crippen LogP contribution is -2.13. The highest BCUT2D eigenvalue weighted by atomic mass is 35.5. The molecule has 0 radical (unpaired) electrons. The van der Waals surface area contributed by atoms with E-state index in [-0.39, 0.29) is 11.8 Å². The minimum atomic E-state index is -0.264. The lowest BCUT2D eigenvalue weighted by Gasteiger charge is -2.10. The molecule has 0 saturated carbocycles. The van der Waals surface area contributed by atoms with Crippen LogP contribution in [0.15, 0.2) is 73.1 Å². The quantitative estimate of drug-likeness (QED) is 0.738. The van der Waals surface area contributed by atoms with E-state index >= 15 is 0 Å². The third-order valence-corrected chi connectivity index (χ3v) is 3.77. The van der Waals surface area contributed by atoms with Crippen LogP contribution in [0.5, 0.6) is 0 Å². The van der Waals surface area contributed by atoms with Crippen molar-refractivity contribution in [2.45, 2.75) is 0 Å². The van der Waals surface area contributed by atoms with Crippen LogP contribution in [0.1, 0.15) is 20.7 Å². The van der Waals surface area contributed by atoms with E-state index < -0.39 is 0 Å². The number of hydrogen-bond acceptors (Lipinski definition) is 3. The number of halogens is 1. The Kier molecular flexibility index (Phi) is 5.06. The van der Waals surface area contributed by atoms with Crippen LogP contribution in [0, 0.1) is 0 Å². The van der Waals surface area contributed by atoms with Crippen molar-refractivity contribution in [2.75, 3.05) is 10.6 Å². The van der Waals surface area contributed by atoms with Crippen LogP contribution in [-0.2, 0) is 0 Å². The van der Waals surface area contributed by atoms with Gasteiger partial charge >= 0.3 is 0 Å². The summed E-state index contributed by atoms with van der Waals surface area (Å²) >= 11 is 6.21. The summed E-state index contributed by atoms with van der Waals surface area (Å²) in [5, 5.41) is 5.82. The highest BCUT2D eigenvalue weighted by Crippen LogP contribution is 2.26. The predicted octanol–water partition coefficient (Wildman–Crippen LogP) is 4.24. The van der Waals surface area contributed by atoms with Gasteiger partial charge in [0.15, 0.2) is 0 Å². The highest BCUT2D eigenvalue weighted by molar-refractivity contribution is 6.34. The zero-order valence-electron chi connectivity index (χ0n) is 13.1. The van der Waals surface area contributed by atoms with Crippen LogP contribution in [0.25, 0.3) is 0 Å². The Hall–Kier alpha value is -3.18. The average Bonchev–Trinajstić information content (AvgIpc) is 2.65. The summed E-state index contributed by atoms with van der Waals surface area (Å²) in [6.45, 7) is 0. The van der Waals surface area contributed by atoms with E-state index in [1.54, 1.807) is 67.0 Å². The number of anilines is 2. The first kappa shape index (κ1) is 16.7. The Bertz CT molecular complexity index is 899. The fourth-order valence-electron chi connectivity index (χ4n) is 2.18. The zero-order chi connectivity index (χ0) is 17.6. The van der Waals surface area contributed by atoms with Crippen molar-refractivity contribution in [3.63, 3.8) is 0 Å². The third-order valence-electron chi connectivity index (χ3n) is 3.45. The Morgan fingerprint density at radius 3 is 2.12 bits per heavy atom. The Labute approximate surface area is 149 Å². The van der Waals surface area contributed by atoms with Gasteiger partial charge in [-0.05, 0) is 42.5 Å². The molecule has 0 saturated heterocycles. The number of nitrogens with one attached hydrogen (secondary N) is 2. The molecular formula is C19H14ClN3O2. The molecule has 0 spiro atoms. The zero-order valence-corrected chi connectivity index (χ0v) is 13.8. The van der Waals surface area contributed by atoms with E-state index in [1.807, 2.05) is 6.07 Å². The number of aromatic nitrogens is 1. The van der Waals surface area contributed by atoms with Crippen molar-refractivity contribution >= 4 is 34.8 Å². The van der Waals surface area contributed by atoms with Gasteiger partial charge in [0.1, 0.15) is 0 Å². The molecule has 5 nitrogen and oxygen atoms in total.